The topological polar surface area (TPSA) is 66.6 Å². The lowest BCUT2D eigenvalue weighted by Crippen LogP contribution is -2.33. The number of likely N-dealkylation sites (N-methyl/N-ethyl adjacent to an activating group) is 1. The maximum absolute atomic E-state index is 13.8. The van der Waals surface area contributed by atoms with Gasteiger partial charge in [-0.15, -0.1) is 0 Å². The molecule has 0 bridgehead atoms. The van der Waals surface area contributed by atoms with E-state index in [4.69, 9.17) is 10.8 Å². The van der Waals surface area contributed by atoms with Crippen LogP contribution in [0.25, 0.3) is 0 Å². The van der Waals surface area contributed by atoms with Gasteiger partial charge < -0.3 is 10.8 Å². The van der Waals surface area contributed by atoms with Crippen molar-refractivity contribution in [2.75, 3.05) is 19.7 Å². The largest absolute Gasteiger partial charge is 0.384 e. The highest BCUT2D eigenvalue weighted by Gasteiger charge is 2.10. The summed E-state index contributed by atoms with van der Waals surface area (Å²) in [4.78, 5) is 12.6. The molecule has 0 unspecified atom stereocenters. The van der Waals surface area contributed by atoms with Gasteiger partial charge in [0.2, 0.25) is 5.91 Å². The van der Waals surface area contributed by atoms with Crippen molar-refractivity contribution in [3.05, 3.63) is 35.1 Å². The van der Waals surface area contributed by atoms with Crippen molar-refractivity contribution >= 4 is 5.91 Å². The summed E-state index contributed by atoms with van der Waals surface area (Å²) >= 11 is 0. The molecular formula is C14H17FN2O2. The number of benzene rings is 1. The van der Waals surface area contributed by atoms with Gasteiger partial charge in [0.1, 0.15) is 12.4 Å². The Morgan fingerprint density at radius 1 is 1.53 bits per heavy atom. The summed E-state index contributed by atoms with van der Waals surface area (Å²) < 4.78 is 13.8. The van der Waals surface area contributed by atoms with Crippen LogP contribution >= 0.6 is 0 Å². The standard InChI is InChI=1S/C14H17FN2O2/c1-2-17(10-14(16)19)9-12-6-5-11(4-3-7-18)8-13(12)15/h5-6,8,18H,2,7,9-10H2,1H3,(H2,16,19). The smallest absolute Gasteiger partial charge is 0.231 e. The Morgan fingerprint density at radius 2 is 2.26 bits per heavy atom. The molecule has 19 heavy (non-hydrogen) atoms. The van der Waals surface area contributed by atoms with Crippen LogP contribution in [0.2, 0.25) is 0 Å². The number of carbonyl (C=O) groups excluding carboxylic acids is 1. The van der Waals surface area contributed by atoms with E-state index in [1.165, 1.54) is 6.07 Å². The Kier molecular flexibility index (Phi) is 6.00. The highest BCUT2D eigenvalue weighted by Crippen LogP contribution is 2.12. The summed E-state index contributed by atoms with van der Waals surface area (Å²) in [6.07, 6.45) is 0. The Morgan fingerprint density at radius 3 is 2.79 bits per heavy atom. The van der Waals surface area contributed by atoms with E-state index in [1.807, 2.05) is 6.92 Å². The molecule has 102 valence electrons. The molecule has 0 aliphatic heterocycles. The zero-order valence-electron chi connectivity index (χ0n) is 10.8. The first-order valence-electron chi connectivity index (χ1n) is 5.95. The Bertz CT molecular complexity index is 506. The van der Waals surface area contributed by atoms with E-state index in [9.17, 15) is 9.18 Å². The number of carbonyl (C=O) groups is 1. The van der Waals surface area contributed by atoms with Crippen LogP contribution in [0.15, 0.2) is 18.2 Å². The number of aliphatic hydroxyl groups excluding tert-OH is 1. The van der Waals surface area contributed by atoms with Crippen molar-refractivity contribution in [1.29, 1.82) is 0 Å². The zero-order chi connectivity index (χ0) is 14.3. The lowest BCUT2D eigenvalue weighted by atomic mass is 10.1. The van der Waals surface area contributed by atoms with Crippen LogP contribution in [0.5, 0.6) is 0 Å². The van der Waals surface area contributed by atoms with Crippen molar-refractivity contribution in [3.63, 3.8) is 0 Å². The van der Waals surface area contributed by atoms with Gasteiger partial charge in [-0.25, -0.2) is 4.39 Å². The summed E-state index contributed by atoms with van der Waals surface area (Å²) in [6.45, 7) is 2.64. The van der Waals surface area contributed by atoms with Crippen molar-refractivity contribution in [3.8, 4) is 11.8 Å². The number of amides is 1. The molecule has 0 radical (unpaired) electrons. The molecule has 1 rings (SSSR count). The van der Waals surface area contributed by atoms with Crippen LogP contribution in [-0.4, -0.2) is 35.6 Å². The van der Waals surface area contributed by atoms with Crippen molar-refractivity contribution in [2.45, 2.75) is 13.5 Å². The van der Waals surface area contributed by atoms with E-state index in [0.717, 1.165) is 0 Å². The summed E-state index contributed by atoms with van der Waals surface area (Å²) in [5, 5.41) is 8.57. The molecule has 0 aliphatic carbocycles. The lowest BCUT2D eigenvalue weighted by molar-refractivity contribution is -0.119. The lowest BCUT2D eigenvalue weighted by Gasteiger charge is -2.18. The monoisotopic (exact) mass is 264 g/mol. The average Bonchev–Trinajstić information content (AvgIpc) is 2.37. The summed E-state index contributed by atoms with van der Waals surface area (Å²) in [5.74, 6) is 4.27. The van der Waals surface area contributed by atoms with Crippen LogP contribution in [0.1, 0.15) is 18.1 Å². The van der Waals surface area contributed by atoms with Gasteiger partial charge in [0.25, 0.3) is 0 Å². The van der Waals surface area contributed by atoms with E-state index >= 15 is 0 Å². The van der Waals surface area contributed by atoms with Gasteiger partial charge in [0, 0.05) is 17.7 Å². The van der Waals surface area contributed by atoms with E-state index in [-0.39, 0.29) is 19.0 Å². The Labute approximate surface area is 112 Å². The highest BCUT2D eigenvalue weighted by atomic mass is 19.1. The normalized spacial score (nSPS) is 10.1. The summed E-state index contributed by atoms with van der Waals surface area (Å²) in [5.41, 5.74) is 6.11. The van der Waals surface area contributed by atoms with E-state index in [2.05, 4.69) is 11.8 Å². The molecule has 0 saturated heterocycles. The quantitative estimate of drug-likeness (QED) is 0.760. The van der Waals surface area contributed by atoms with Gasteiger partial charge in [-0.1, -0.05) is 24.8 Å². The van der Waals surface area contributed by atoms with Gasteiger partial charge in [0.15, 0.2) is 0 Å². The fraction of sp³-hybridized carbons (Fsp3) is 0.357. The molecule has 0 atom stereocenters. The Hall–Kier alpha value is -1.90. The van der Waals surface area contributed by atoms with Crippen LogP contribution in [0, 0.1) is 17.7 Å². The van der Waals surface area contributed by atoms with Crippen LogP contribution in [0.4, 0.5) is 4.39 Å². The van der Waals surface area contributed by atoms with Gasteiger partial charge >= 0.3 is 0 Å². The first-order chi connectivity index (χ1) is 9.06. The van der Waals surface area contributed by atoms with Gasteiger partial charge in [-0.05, 0) is 18.7 Å². The molecule has 0 fully saturated rings. The molecular weight excluding hydrogens is 247 g/mol. The SMILES string of the molecule is CCN(CC(N)=O)Cc1ccc(C#CCO)cc1F. The summed E-state index contributed by atoms with van der Waals surface area (Å²) in [7, 11) is 0. The average molecular weight is 264 g/mol. The minimum atomic E-state index is -0.437. The minimum absolute atomic E-state index is 0.0992. The molecule has 0 saturated carbocycles. The molecule has 0 heterocycles. The molecule has 0 aliphatic rings. The maximum Gasteiger partial charge on any atom is 0.231 e. The van der Waals surface area contributed by atoms with Gasteiger partial charge in [0.05, 0.1) is 6.54 Å². The number of rotatable bonds is 5. The number of halogens is 1. The molecule has 0 aromatic heterocycles. The fourth-order valence-corrected chi connectivity index (χ4v) is 1.64. The molecule has 4 nitrogen and oxygen atoms in total. The second-order valence-corrected chi connectivity index (χ2v) is 4.04. The van der Waals surface area contributed by atoms with Crippen LogP contribution in [-0.2, 0) is 11.3 Å². The molecule has 1 aromatic rings. The summed E-state index contributed by atoms with van der Waals surface area (Å²) in [6, 6.07) is 4.62. The molecule has 1 amide bonds. The first-order valence-corrected chi connectivity index (χ1v) is 5.95. The van der Waals surface area contributed by atoms with E-state index in [0.29, 0.717) is 24.2 Å². The molecule has 0 spiro atoms. The predicted molar refractivity (Wildman–Crippen MR) is 70.5 cm³/mol. The highest BCUT2D eigenvalue weighted by molar-refractivity contribution is 5.75. The number of nitrogens with two attached hydrogens (primary N) is 1. The number of hydrogen-bond donors (Lipinski definition) is 2. The minimum Gasteiger partial charge on any atom is -0.384 e. The molecule has 1 aromatic carbocycles. The second kappa shape index (κ2) is 7.52. The number of nitrogens with zero attached hydrogens (tertiary/aromatic N) is 1. The molecule has 3 N–H and O–H groups in total. The Balaban J connectivity index is 2.81. The third-order valence-electron chi connectivity index (χ3n) is 2.59. The van der Waals surface area contributed by atoms with E-state index in [1.54, 1.807) is 17.0 Å². The van der Waals surface area contributed by atoms with Crippen LogP contribution in [0.3, 0.4) is 0 Å². The zero-order valence-corrected chi connectivity index (χ0v) is 10.8. The first kappa shape index (κ1) is 15.2. The number of aliphatic hydroxyl groups is 1. The third kappa shape index (κ3) is 5.08. The number of primary amides is 1. The van der Waals surface area contributed by atoms with Gasteiger partial charge in [-0.3, -0.25) is 9.69 Å². The third-order valence-corrected chi connectivity index (χ3v) is 2.59. The van der Waals surface area contributed by atoms with Crippen molar-refractivity contribution in [2.24, 2.45) is 5.73 Å². The van der Waals surface area contributed by atoms with Gasteiger partial charge in [-0.2, -0.15) is 0 Å². The van der Waals surface area contributed by atoms with Crippen LogP contribution < -0.4 is 5.73 Å². The van der Waals surface area contributed by atoms with Crippen molar-refractivity contribution in [1.82, 2.24) is 4.90 Å². The van der Waals surface area contributed by atoms with E-state index < -0.39 is 5.91 Å². The number of hydrogen-bond acceptors (Lipinski definition) is 3. The molecule has 5 heteroatoms. The maximum atomic E-state index is 13.8. The second-order valence-electron chi connectivity index (χ2n) is 4.04. The predicted octanol–water partition coefficient (Wildman–Crippen LogP) is 0.477. The van der Waals surface area contributed by atoms with Crippen molar-refractivity contribution < 1.29 is 14.3 Å². The fourth-order valence-electron chi connectivity index (χ4n) is 1.64.